The number of nitrogens with zero attached hydrogens (tertiary/aromatic N) is 2. The lowest BCUT2D eigenvalue weighted by Gasteiger charge is -2.05. The Morgan fingerprint density at radius 2 is 2.00 bits per heavy atom. The number of hydrogen-bond donors (Lipinski definition) is 1. The molecule has 108 valence electrons. The first-order valence-corrected chi connectivity index (χ1v) is 7.56. The Morgan fingerprint density at radius 1 is 1.18 bits per heavy atom. The van der Waals surface area contributed by atoms with Gasteiger partial charge in [-0.3, -0.25) is 4.79 Å². The minimum absolute atomic E-state index is 0.112. The van der Waals surface area contributed by atoms with Crippen LogP contribution in [0.15, 0.2) is 44.9 Å². The molecule has 0 atom stereocenters. The predicted octanol–water partition coefficient (Wildman–Crippen LogP) is 3.36. The van der Waals surface area contributed by atoms with Gasteiger partial charge in [0.15, 0.2) is 0 Å². The maximum absolute atomic E-state index is 12.6. The molecule has 4 rings (SSSR count). The van der Waals surface area contributed by atoms with Crippen molar-refractivity contribution >= 4 is 39.2 Å². The molecular weight excluding hydrogens is 298 g/mol. The average Bonchev–Trinajstić information content (AvgIpc) is 2.93. The lowest BCUT2D eigenvalue weighted by Crippen LogP contribution is -2.05. The average molecular weight is 309 g/mol. The molecule has 0 aliphatic carbocycles. The van der Waals surface area contributed by atoms with Gasteiger partial charge in [0.1, 0.15) is 16.4 Å². The van der Waals surface area contributed by atoms with Gasteiger partial charge in [0.25, 0.3) is 0 Å². The van der Waals surface area contributed by atoms with Crippen LogP contribution in [-0.4, -0.2) is 9.97 Å². The highest BCUT2D eigenvalue weighted by Crippen LogP contribution is 2.30. The van der Waals surface area contributed by atoms with Crippen molar-refractivity contribution in [2.24, 2.45) is 0 Å². The molecule has 0 fully saturated rings. The predicted molar refractivity (Wildman–Crippen MR) is 88.0 cm³/mol. The van der Waals surface area contributed by atoms with E-state index in [0.29, 0.717) is 27.7 Å². The summed E-state index contributed by atoms with van der Waals surface area (Å²) in [6.07, 6.45) is 0. The number of fused-ring (bicyclic) bond motifs is 2. The Labute approximate surface area is 129 Å². The van der Waals surface area contributed by atoms with Gasteiger partial charge >= 0.3 is 0 Å². The number of benzene rings is 1. The smallest absolute Gasteiger partial charge is 0.232 e. The molecule has 0 saturated heterocycles. The van der Waals surface area contributed by atoms with Crippen molar-refractivity contribution in [2.75, 3.05) is 5.73 Å². The van der Waals surface area contributed by atoms with Crippen molar-refractivity contribution in [3.63, 3.8) is 0 Å². The summed E-state index contributed by atoms with van der Waals surface area (Å²) < 4.78 is 5.70. The van der Waals surface area contributed by atoms with Gasteiger partial charge in [-0.2, -0.15) is 4.98 Å². The largest absolute Gasteiger partial charge is 0.437 e. The van der Waals surface area contributed by atoms with Crippen LogP contribution in [0.4, 0.5) is 5.82 Å². The fraction of sp³-hybridized carbons (Fsp3) is 0.0625. The fourth-order valence-electron chi connectivity index (χ4n) is 2.39. The Bertz CT molecular complexity index is 1080. The molecule has 2 N–H and O–H groups in total. The molecule has 22 heavy (non-hydrogen) atoms. The van der Waals surface area contributed by atoms with E-state index in [0.717, 1.165) is 10.7 Å². The fourth-order valence-corrected chi connectivity index (χ4v) is 3.21. The molecule has 3 aromatic heterocycles. The Kier molecular flexibility index (Phi) is 2.74. The van der Waals surface area contributed by atoms with Crippen LogP contribution in [0.2, 0.25) is 0 Å². The highest BCUT2D eigenvalue weighted by atomic mass is 32.1. The molecular formula is C16H11N3O2S. The first kappa shape index (κ1) is 13.0. The molecule has 4 aromatic rings. The highest BCUT2D eigenvalue weighted by molar-refractivity contribution is 7.13. The number of aromatic nitrogens is 2. The molecule has 0 unspecified atom stereocenters. The van der Waals surface area contributed by atoms with E-state index in [1.807, 2.05) is 18.4 Å². The quantitative estimate of drug-likeness (QED) is 0.545. The number of nitrogen functional groups attached to an aromatic ring is 1. The van der Waals surface area contributed by atoms with E-state index < -0.39 is 0 Å². The second kappa shape index (κ2) is 4.64. The number of nitrogens with two attached hydrogens (primary N) is 1. The molecule has 5 nitrogen and oxygen atoms in total. The molecule has 6 heteroatoms. The monoisotopic (exact) mass is 309 g/mol. The Balaban J connectivity index is 2.10. The maximum atomic E-state index is 12.6. The summed E-state index contributed by atoms with van der Waals surface area (Å²) in [5.41, 5.74) is 8.22. The lowest BCUT2D eigenvalue weighted by molar-refractivity contribution is 0.645. The van der Waals surface area contributed by atoms with Crippen molar-refractivity contribution in [3.8, 4) is 10.6 Å². The molecule has 0 aliphatic heterocycles. The summed E-state index contributed by atoms with van der Waals surface area (Å²) in [5, 5.41) is 3.62. The van der Waals surface area contributed by atoms with Gasteiger partial charge < -0.3 is 10.2 Å². The van der Waals surface area contributed by atoms with Crippen LogP contribution >= 0.6 is 11.3 Å². The van der Waals surface area contributed by atoms with Crippen LogP contribution in [0.3, 0.4) is 0 Å². The van der Waals surface area contributed by atoms with E-state index >= 15 is 0 Å². The van der Waals surface area contributed by atoms with E-state index in [-0.39, 0.29) is 11.1 Å². The van der Waals surface area contributed by atoms with Gasteiger partial charge in [0.2, 0.25) is 11.1 Å². The topological polar surface area (TPSA) is 82.0 Å². The Hall–Kier alpha value is -2.73. The van der Waals surface area contributed by atoms with Crippen LogP contribution in [0.5, 0.6) is 0 Å². The minimum Gasteiger partial charge on any atom is -0.437 e. The molecule has 3 heterocycles. The summed E-state index contributed by atoms with van der Waals surface area (Å²) in [6.45, 7) is 1.91. The number of aryl methyl sites for hydroxylation is 1. The summed E-state index contributed by atoms with van der Waals surface area (Å²) in [5.74, 6) is 0.306. The number of hydrogen-bond acceptors (Lipinski definition) is 6. The highest BCUT2D eigenvalue weighted by Gasteiger charge is 2.14. The molecule has 0 spiro atoms. The zero-order chi connectivity index (χ0) is 15.3. The zero-order valence-electron chi connectivity index (χ0n) is 11.7. The van der Waals surface area contributed by atoms with E-state index in [2.05, 4.69) is 9.97 Å². The second-order valence-electron chi connectivity index (χ2n) is 5.00. The van der Waals surface area contributed by atoms with Gasteiger partial charge in [-0.1, -0.05) is 12.1 Å². The molecule has 0 radical (unpaired) electrons. The van der Waals surface area contributed by atoms with Crippen LogP contribution in [0, 0.1) is 6.92 Å². The molecule has 1 aromatic carbocycles. The molecule has 0 amide bonds. The maximum Gasteiger partial charge on any atom is 0.232 e. The van der Waals surface area contributed by atoms with E-state index in [1.54, 1.807) is 24.3 Å². The number of para-hydroxylation sites is 1. The SMILES string of the molecule is Cc1csc(-c2cc3c(=O)c4ccccc4oc3nc2N)n1. The second-order valence-corrected chi connectivity index (χ2v) is 5.85. The third kappa shape index (κ3) is 1.88. The first-order chi connectivity index (χ1) is 10.6. The Morgan fingerprint density at radius 3 is 2.77 bits per heavy atom. The zero-order valence-corrected chi connectivity index (χ0v) is 12.5. The third-order valence-electron chi connectivity index (χ3n) is 3.45. The van der Waals surface area contributed by atoms with Crippen molar-refractivity contribution < 1.29 is 4.42 Å². The normalized spacial score (nSPS) is 11.3. The minimum atomic E-state index is -0.112. The third-order valence-corrected chi connectivity index (χ3v) is 4.44. The number of thiazole rings is 1. The van der Waals surface area contributed by atoms with Gasteiger partial charge in [-0.05, 0) is 25.1 Å². The number of pyridine rings is 1. The van der Waals surface area contributed by atoms with Crippen molar-refractivity contribution in [3.05, 3.63) is 51.6 Å². The van der Waals surface area contributed by atoms with Gasteiger partial charge in [0.05, 0.1) is 16.3 Å². The summed E-state index contributed by atoms with van der Waals surface area (Å²) in [6, 6.07) is 8.82. The first-order valence-electron chi connectivity index (χ1n) is 6.68. The standard InChI is InChI=1S/C16H11N3O2S/c1-8-7-22-16(18-8)11-6-10-13(20)9-4-2-3-5-12(9)21-15(10)19-14(11)17/h2-7H,1H3,(H2,17,19). The van der Waals surface area contributed by atoms with E-state index in [9.17, 15) is 4.79 Å². The lowest BCUT2D eigenvalue weighted by atomic mass is 10.1. The van der Waals surface area contributed by atoms with Gasteiger partial charge in [-0.25, -0.2) is 4.98 Å². The van der Waals surface area contributed by atoms with Crippen LogP contribution in [-0.2, 0) is 0 Å². The van der Waals surface area contributed by atoms with Crippen LogP contribution in [0.1, 0.15) is 5.69 Å². The summed E-state index contributed by atoms with van der Waals surface area (Å²) in [7, 11) is 0. The van der Waals surface area contributed by atoms with E-state index in [4.69, 9.17) is 10.2 Å². The number of rotatable bonds is 1. The van der Waals surface area contributed by atoms with E-state index in [1.165, 1.54) is 11.3 Å². The van der Waals surface area contributed by atoms with Crippen molar-refractivity contribution in [1.82, 2.24) is 9.97 Å². The van der Waals surface area contributed by atoms with Crippen molar-refractivity contribution in [1.29, 1.82) is 0 Å². The molecule has 0 bridgehead atoms. The van der Waals surface area contributed by atoms with Crippen LogP contribution in [0.25, 0.3) is 32.6 Å². The van der Waals surface area contributed by atoms with Crippen LogP contribution < -0.4 is 11.2 Å². The molecule has 0 aliphatic rings. The van der Waals surface area contributed by atoms with Gasteiger partial charge in [-0.15, -0.1) is 11.3 Å². The summed E-state index contributed by atoms with van der Waals surface area (Å²) >= 11 is 1.47. The molecule has 0 saturated carbocycles. The van der Waals surface area contributed by atoms with Gasteiger partial charge in [0, 0.05) is 11.1 Å². The summed E-state index contributed by atoms with van der Waals surface area (Å²) in [4.78, 5) is 21.3. The van der Waals surface area contributed by atoms with Crippen molar-refractivity contribution in [2.45, 2.75) is 6.92 Å². The number of anilines is 1.